The summed E-state index contributed by atoms with van der Waals surface area (Å²) in [4.78, 5) is 25.9. The maximum absolute atomic E-state index is 12.4. The molecule has 0 aliphatic carbocycles. The second kappa shape index (κ2) is 9.40. The van der Waals surface area contributed by atoms with Gasteiger partial charge in [0.15, 0.2) is 0 Å². The summed E-state index contributed by atoms with van der Waals surface area (Å²) >= 11 is 0. The van der Waals surface area contributed by atoms with Crippen LogP contribution in [0.1, 0.15) is 38.8 Å². The smallest absolute Gasteiger partial charge is 0.243 e. The van der Waals surface area contributed by atoms with E-state index in [1.165, 1.54) is 12.5 Å². The molecule has 2 rings (SSSR count). The number of hydrogen-bond acceptors (Lipinski definition) is 3. The standard InChI is InChI=1S/C23H30N2O3/c1-17(26)25(15-14-18-6-12-21(28-5)13-7-18)16-22(27)24-20-10-8-19(9-11-20)23(2,3)4/h6-13H,14-16H2,1-5H3,(H,24,27). The molecular weight excluding hydrogens is 352 g/mol. The largest absolute Gasteiger partial charge is 0.497 e. The van der Waals surface area contributed by atoms with Crippen molar-refractivity contribution in [3.8, 4) is 5.75 Å². The average molecular weight is 383 g/mol. The molecule has 0 bridgehead atoms. The van der Waals surface area contributed by atoms with Crippen molar-refractivity contribution >= 4 is 17.5 Å². The summed E-state index contributed by atoms with van der Waals surface area (Å²) in [6.07, 6.45) is 0.678. The van der Waals surface area contributed by atoms with Crippen molar-refractivity contribution < 1.29 is 14.3 Å². The summed E-state index contributed by atoms with van der Waals surface area (Å²) < 4.78 is 5.15. The molecule has 0 spiro atoms. The zero-order valence-corrected chi connectivity index (χ0v) is 17.4. The molecule has 28 heavy (non-hydrogen) atoms. The van der Waals surface area contributed by atoms with Gasteiger partial charge in [-0.15, -0.1) is 0 Å². The van der Waals surface area contributed by atoms with Crippen molar-refractivity contribution in [1.82, 2.24) is 4.90 Å². The van der Waals surface area contributed by atoms with E-state index in [9.17, 15) is 9.59 Å². The Morgan fingerprint density at radius 3 is 2.11 bits per heavy atom. The first-order valence-electron chi connectivity index (χ1n) is 9.48. The quantitative estimate of drug-likeness (QED) is 0.787. The maximum atomic E-state index is 12.4. The number of hydrogen-bond donors (Lipinski definition) is 1. The summed E-state index contributed by atoms with van der Waals surface area (Å²) in [6.45, 7) is 8.44. The van der Waals surface area contributed by atoms with Gasteiger partial charge in [-0.1, -0.05) is 45.0 Å². The fraction of sp³-hybridized carbons (Fsp3) is 0.391. The molecule has 0 fully saturated rings. The number of carbonyl (C=O) groups excluding carboxylic acids is 2. The number of nitrogens with one attached hydrogen (secondary N) is 1. The number of nitrogens with zero attached hydrogens (tertiary/aromatic N) is 1. The molecule has 2 aromatic carbocycles. The van der Waals surface area contributed by atoms with Gasteiger partial charge in [0.05, 0.1) is 13.7 Å². The monoisotopic (exact) mass is 382 g/mol. The molecule has 2 amide bonds. The van der Waals surface area contributed by atoms with E-state index in [0.29, 0.717) is 13.0 Å². The van der Waals surface area contributed by atoms with Gasteiger partial charge in [0, 0.05) is 19.2 Å². The lowest BCUT2D eigenvalue weighted by molar-refractivity contribution is -0.132. The maximum Gasteiger partial charge on any atom is 0.243 e. The first-order chi connectivity index (χ1) is 13.2. The highest BCUT2D eigenvalue weighted by Gasteiger charge is 2.15. The van der Waals surface area contributed by atoms with Gasteiger partial charge in [-0.2, -0.15) is 0 Å². The summed E-state index contributed by atoms with van der Waals surface area (Å²) in [5.74, 6) is 0.476. The van der Waals surface area contributed by atoms with Gasteiger partial charge < -0.3 is 15.0 Å². The van der Waals surface area contributed by atoms with Crippen LogP contribution in [0.2, 0.25) is 0 Å². The van der Waals surface area contributed by atoms with Crippen molar-refractivity contribution in [2.75, 3.05) is 25.5 Å². The Morgan fingerprint density at radius 1 is 1.00 bits per heavy atom. The molecule has 0 radical (unpaired) electrons. The van der Waals surface area contributed by atoms with E-state index in [1.54, 1.807) is 12.0 Å². The second-order valence-electron chi connectivity index (χ2n) is 7.91. The second-order valence-corrected chi connectivity index (χ2v) is 7.91. The number of rotatable bonds is 7. The predicted molar refractivity (Wildman–Crippen MR) is 113 cm³/mol. The van der Waals surface area contributed by atoms with E-state index in [0.717, 1.165) is 17.0 Å². The van der Waals surface area contributed by atoms with E-state index in [4.69, 9.17) is 4.74 Å². The third-order valence-electron chi connectivity index (χ3n) is 4.64. The fourth-order valence-electron chi connectivity index (χ4n) is 2.83. The Labute approximate surface area is 167 Å². The number of ether oxygens (including phenoxy) is 1. The van der Waals surface area contributed by atoms with Crippen LogP contribution in [0.25, 0.3) is 0 Å². The first kappa shape index (κ1) is 21.5. The molecule has 0 atom stereocenters. The summed E-state index contributed by atoms with van der Waals surface area (Å²) in [6, 6.07) is 15.5. The van der Waals surface area contributed by atoms with Crippen LogP contribution in [-0.4, -0.2) is 36.9 Å². The van der Waals surface area contributed by atoms with Crippen LogP contribution >= 0.6 is 0 Å². The molecule has 5 nitrogen and oxygen atoms in total. The van der Waals surface area contributed by atoms with Crippen LogP contribution in [0.3, 0.4) is 0 Å². The molecule has 2 aromatic rings. The van der Waals surface area contributed by atoms with Gasteiger partial charge in [0.1, 0.15) is 5.75 Å². The predicted octanol–water partition coefficient (Wildman–Crippen LogP) is 4.02. The molecular formula is C23H30N2O3. The molecule has 0 aliphatic heterocycles. The highest BCUT2D eigenvalue weighted by atomic mass is 16.5. The van der Waals surface area contributed by atoms with E-state index < -0.39 is 0 Å². The SMILES string of the molecule is COc1ccc(CCN(CC(=O)Nc2ccc(C(C)(C)C)cc2)C(C)=O)cc1. The zero-order chi connectivity index (χ0) is 20.7. The Balaban J connectivity index is 1.91. The molecule has 0 saturated carbocycles. The van der Waals surface area contributed by atoms with Gasteiger partial charge in [-0.3, -0.25) is 9.59 Å². The minimum Gasteiger partial charge on any atom is -0.497 e. The lowest BCUT2D eigenvalue weighted by Gasteiger charge is -2.21. The minimum absolute atomic E-state index is 0.0342. The van der Waals surface area contributed by atoms with Crippen LogP contribution in [0.4, 0.5) is 5.69 Å². The number of amides is 2. The molecule has 0 aliphatic rings. The fourth-order valence-corrected chi connectivity index (χ4v) is 2.83. The lowest BCUT2D eigenvalue weighted by Crippen LogP contribution is -2.38. The molecule has 0 saturated heterocycles. The number of methoxy groups -OCH3 is 1. The third-order valence-corrected chi connectivity index (χ3v) is 4.64. The van der Waals surface area contributed by atoms with E-state index >= 15 is 0 Å². The minimum atomic E-state index is -0.201. The Hall–Kier alpha value is -2.82. The van der Waals surface area contributed by atoms with E-state index in [2.05, 4.69) is 26.1 Å². The van der Waals surface area contributed by atoms with Crippen molar-refractivity contribution in [3.05, 3.63) is 59.7 Å². The van der Waals surface area contributed by atoms with Crippen LogP contribution in [0.15, 0.2) is 48.5 Å². The van der Waals surface area contributed by atoms with Gasteiger partial charge in [0.2, 0.25) is 11.8 Å². The Bertz CT molecular complexity index is 790. The molecule has 5 heteroatoms. The van der Waals surface area contributed by atoms with Crippen molar-refractivity contribution in [2.45, 2.75) is 39.5 Å². The normalized spacial score (nSPS) is 11.0. The van der Waals surface area contributed by atoms with Crippen molar-refractivity contribution in [1.29, 1.82) is 0 Å². The molecule has 0 aromatic heterocycles. The summed E-state index contributed by atoms with van der Waals surface area (Å²) in [5.41, 5.74) is 3.09. The lowest BCUT2D eigenvalue weighted by atomic mass is 9.87. The first-order valence-corrected chi connectivity index (χ1v) is 9.48. The van der Waals surface area contributed by atoms with Crippen LogP contribution < -0.4 is 10.1 Å². The highest BCUT2D eigenvalue weighted by Crippen LogP contribution is 2.23. The number of carbonyl (C=O) groups is 2. The third kappa shape index (κ3) is 6.41. The average Bonchev–Trinajstić information content (AvgIpc) is 2.65. The van der Waals surface area contributed by atoms with E-state index in [1.807, 2.05) is 48.5 Å². The molecule has 150 valence electrons. The molecule has 0 unspecified atom stereocenters. The van der Waals surface area contributed by atoms with Gasteiger partial charge in [-0.25, -0.2) is 0 Å². The summed E-state index contributed by atoms with van der Waals surface area (Å²) in [5, 5.41) is 2.87. The van der Waals surface area contributed by atoms with Crippen LogP contribution in [0.5, 0.6) is 5.75 Å². The van der Waals surface area contributed by atoms with Gasteiger partial charge in [0.25, 0.3) is 0 Å². The van der Waals surface area contributed by atoms with E-state index in [-0.39, 0.29) is 23.8 Å². The van der Waals surface area contributed by atoms with Crippen LogP contribution in [-0.2, 0) is 21.4 Å². The van der Waals surface area contributed by atoms with Crippen molar-refractivity contribution in [2.24, 2.45) is 0 Å². The Morgan fingerprint density at radius 2 is 1.61 bits per heavy atom. The number of benzene rings is 2. The highest BCUT2D eigenvalue weighted by molar-refractivity contribution is 5.94. The molecule has 1 N–H and O–H groups in total. The van der Waals surface area contributed by atoms with Gasteiger partial charge in [-0.05, 0) is 47.2 Å². The van der Waals surface area contributed by atoms with Crippen LogP contribution in [0, 0.1) is 0 Å². The Kier molecular flexibility index (Phi) is 7.21. The molecule has 0 heterocycles. The van der Waals surface area contributed by atoms with Crippen molar-refractivity contribution in [3.63, 3.8) is 0 Å². The number of anilines is 1. The summed E-state index contributed by atoms with van der Waals surface area (Å²) in [7, 11) is 1.63. The van der Waals surface area contributed by atoms with Gasteiger partial charge >= 0.3 is 0 Å². The topological polar surface area (TPSA) is 58.6 Å². The zero-order valence-electron chi connectivity index (χ0n) is 17.4.